The van der Waals surface area contributed by atoms with E-state index in [2.05, 4.69) is 5.10 Å². The molecule has 15 heavy (non-hydrogen) atoms. The van der Waals surface area contributed by atoms with Crippen LogP contribution >= 0.6 is 11.6 Å². The Hall–Kier alpha value is -1.26. The van der Waals surface area contributed by atoms with Crippen LogP contribution in [0.2, 0.25) is 5.22 Å². The Kier molecular flexibility index (Phi) is 2.79. The van der Waals surface area contributed by atoms with Crippen molar-refractivity contribution >= 4 is 11.6 Å². The lowest BCUT2D eigenvalue weighted by Gasteiger charge is -2.05. The maximum absolute atomic E-state index is 9.97. The van der Waals surface area contributed by atoms with Crippen molar-refractivity contribution in [3.8, 4) is 0 Å². The lowest BCUT2D eigenvalue weighted by Crippen LogP contribution is -1.97. The van der Waals surface area contributed by atoms with Gasteiger partial charge in [0.25, 0.3) is 0 Å². The van der Waals surface area contributed by atoms with Gasteiger partial charge in [0.05, 0.1) is 12.5 Å². The summed E-state index contributed by atoms with van der Waals surface area (Å²) in [5.41, 5.74) is 1.27. The maximum Gasteiger partial charge on any atom is 0.199 e. The fraction of sp³-hybridized carbons (Fsp3) is 0.300. The monoisotopic (exact) mass is 226 g/mol. The topological polar surface area (TPSA) is 51.2 Å². The minimum atomic E-state index is -0.781. The third kappa shape index (κ3) is 1.91. The number of hydrogen-bond donors (Lipinski definition) is 1. The molecule has 0 amide bonds. The molecule has 2 aromatic rings. The third-order valence-electron chi connectivity index (χ3n) is 2.23. The summed E-state index contributed by atoms with van der Waals surface area (Å²) in [7, 11) is 0. The first-order valence-corrected chi connectivity index (χ1v) is 5.03. The molecule has 1 unspecified atom stereocenters. The Labute approximate surface area is 92.1 Å². The van der Waals surface area contributed by atoms with E-state index in [0.29, 0.717) is 11.1 Å². The highest BCUT2D eigenvalue weighted by molar-refractivity contribution is 6.29. The number of aromatic nitrogens is 2. The summed E-state index contributed by atoms with van der Waals surface area (Å²) < 4.78 is 6.66. The molecule has 0 aliphatic heterocycles. The van der Waals surface area contributed by atoms with Crippen molar-refractivity contribution in [1.29, 1.82) is 0 Å². The van der Waals surface area contributed by atoms with Gasteiger partial charge in [0.1, 0.15) is 6.10 Å². The predicted octanol–water partition coefficient (Wildman–Crippen LogP) is 2.23. The maximum atomic E-state index is 9.97. The SMILES string of the molecule is CCn1cc(C(O)c2ccoc2Cl)cn1. The second kappa shape index (κ2) is 4.08. The van der Waals surface area contributed by atoms with Crippen molar-refractivity contribution in [1.82, 2.24) is 9.78 Å². The number of nitrogens with zero attached hydrogens (tertiary/aromatic N) is 2. The molecule has 0 saturated carbocycles. The van der Waals surface area contributed by atoms with Crippen LogP contribution in [0.15, 0.2) is 29.1 Å². The first kappa shape index (κ1) is 10.3. The number of hydrogen-bond acceptors (Lipinski definition) is 3. The molecule has 1 N–H and O–H groups in total. The summed E-state index contributed by atoms with van der Waals surface area (Å²) in [5.74, 6) is 0. The predicted molar refractivity (Wildman–Crippen MR) is 55.7 cm³/mol. The fourth-order valence-corrected chi connectivity index (χ4v) is 1.59. The molecule has 0 spiro atoms. The molecule has 2 rings (SSSR count). The first-order valence-electron chi connectivity index (χ1n) is 4.65. The normalized spacial score (nSPS) is 13.0. The Morgan fingerprint density at radius 3 is 3.00 bits per heavy atom. The number of furan rings is 1. The fourth-order valence-electron chi connectivity index (χ4n) is 1.37. The number of halogens is 1. The van der Waals surface area contributed by atoms with Crippen LogP contribution in [0.25, 0.3) is 0 Å². The number of aliphatic hydroxyl groups excluding tert-OH is 1. The van der Waals surface area contributed by atoms with Crippen LogP contribution in [0.5, 0.6) is 0 Å². The Morgan fingerprint density at radius 2 is 2.47 bits per heavy atom. The van der Waals surface area contributed by atoms with E-state index in [1.54, 1.807) is 23.1 Å². The smallest absolute Gasteiger partial charge is 0.199 e. The van der Waals surface area contributed by atoms with Crippen LogP contribution in [0.1, 0.15) is 24.2 Å². The van der Waals surface area contributed by atoms with E-state index in [-0.39, 0.29) is 5.22 Å². The Morgan fingerprint density at radius 1 is 1.67 bits per heavy atom. The largest absolute Gasteiger partial charge is 0.453 e. The Bertz CT molecular complexity index is 450. The van der Waals surface area contributed by atoms with Crippen molar-refractivity contribution < 1.29 is 9.52 Å². The highest BCUT2D eigenvalue weighted by Crippen LogP contribution is 2.28. The molecular weight excluding hydrogens is 216 g/mol. The molecule has 0 fully saturated rings. The van der Waals surface area contributed by atoms with Crippen LogP contribution in [0.3, 0.4) is 0 Å². The van der Waals surface area contributed by atoms with Gasteiger partial charge in [-0.25, -0.2) is 0 Å². The lowest BCUT2D eigenvalue weighted by molar-refractivity contribution is 0.219. The molecule has 5 heteroatoms. The first-order chi connectivity index (χ1) is 7.22. The molecule has 2 heterocycles. The molecular formula is C10H11ClN2O2. The number of aryl methyl sites for hydroxylation is 1. The molecule has 0 aliphatic carbocycles. The molecule has 0 bridgehead atoms. The molecule has 80 valence electrons. The second-order valence-electron chi connectivity index (χ2n) is 3.18. The van der Waals surface area contributed by atoms with Gasteiger partial charge in [0, 0.05) is 23.9 Å². The Balaban J connectivity index is 2.28. The van der Waals surface area contributed by atoms with E-state index >= 15 is 0 Å². The number of aliphatic hydroxyl groups is 1. The minimum absolute atomic E-state index is 0.215. The van der Waals surface area contributed by atoms with E-state index < -0.39 is 6.10 Å². The minimum Gasteiger partial charge on any atom is -0.453 e. The van der Waals surface area contributed by atoms with Crippen LogP contribution in [0.4, 0.5) is 0 Å². The summed E-state index contributed by atoms with van der Waals surface area (Å²) in [5, 5.41) is 14.3. The van der Waals surface area contributed by atoms with Crippen LogP contribution in [-0.4, -0.2) is 14.9 Å². The van der Waals surface area contributed by atoms with Crippen molar-refractivity contribution in [2.45, 2.75) is 19.6 Å². The molecule has 0 aromatic carbocycles. The van der Waals surface area contributed by atoms with E-state index in [1.165, 1.54) is 6.26 Å². The van der Waals surface area contributed by atoms with Gasteiger partial charge in [-0.05, 0) is 24.6 Å². The average Bonchev–Trinajstić information content (AvgIpc) is 2.84. The van der Waals surface area contributed by atoms with Gasteiger partial charge < -0.3 is 9.52 Å². The van der Waals surface area contributed by atoms with Crippen LogP contribution in [-0.2, 0) is 6.54 Å². The molecule has 0 aliphatic rings. The van der Waals surface area contributed by atoms with Crippen molar-refractivity contribution in [2.75, 3.05) is 0 Å². The summed E-state index contributed by atoms with van der Waals surface area (Å²) in [6, 6.07) is 1.65. The van der Waals surface area contributed by atoms with Crippen molar-refractivity contribution in [2.24, 2.45) is 0 Å². The standard InChI is InChI=1S/C10H11ClN2O2/c1-2-13-6-7(5-12-13)9(14)8-3-4-15-10(8)11/h3-6,9,14H,2H2,1H3. The van der Waals surface area contributed by atoms with Gasteiger partial charge in [-0.3, -0.25) is 4.68 Å². The zero-order valence-electron chi connectivity index (χ0n) is 8.22. The lowest BCUT2D eigenvalue weighted by atomic mass is 10.1. The second-order valence-corrected chi connectivity index (χ2v) is 3.52. The van der Waals surface area contributed by atoms with Gasteiger partial charge >= 0.3 is 0 Å². The average molecular weight is 227 g/mol. The van der Waals surface area contributed by atoms with Crippen LogP contribution in [0, 0.1) is 0 Å². The molecule has 1 atom stereocenters. The van der Waals surface area contributed by atoms with Gasteiger partial charge in [-0.2, -0.15) is 5.10 Å². The zero-order chi connectivity index (χ0) is 10.8. The summed E-state index contributed by atoms with van der Waals surface area (Å²) in [4.78, 5) is 0. The summed E-state index contributed by atoms with van der Waals surface area (Å²) in [6.07, 6.45) is 4.08. The van der Waals surface area contributed by atoms with Crippen molar-refractivity contribution in [3.05, 3.63) is 41.1 Å². The quantitative estimate of drug-likeness (QED) is 0.873. The van der Waals surface area contributed by atoms with E-state index in [1.807, 2.05) is 6.92 Å². The van der Waals surface area contributed by atoms with Crippen molar-refractivity contribution in [3.63, 3.8) is 0 Å². The number of rotatable bonds is 3. The van der Waals surface area contributed by atoms with Gasteiger partial charge in [-0.15, -0.1) is 0 Å². The molecule has 0 saturated heterocycles. The highest BCUT2D eigenvalue weighted by Gasteiger charge is 2.17. The highest BCUT2D eigenvalue weighted by atomic mass is 35.5. The molecule has 4 nitrogen and oxygen atoms in total. The summed E-state index contributed by atoms with van der Waals surface area (Å²) >= 11 is 5.77. The third-order valence-corrected chi connectivity index (χ3v) is 2.54. The van der Waals surface area contributed by atoms with Gasteiger partial charge in [0.15, 0.2) is 5.22 Å². The van der Waals surface area contributed by atoms with Crippen LogP contribution < -0.4 is 0 Å². The van der Waals surface area contributed by atoms with Gasteiger partial charge in [0.2, 0.25) is 0 Å². The van der Waals surface area contributed by atoms with E-state index in [9.17, 15) is 5.11 Å². The summed E-state index contributed by atoms with van der Waals surface area (Å²) in [6.45, 7) is 2.75. The molecule has 0 radical (unpaired) electrons. The van der Waals surface area contributed by atoms with E-state index in [4.69, 9.17) is 16.0 Å². The van der Waals surface area contributed by atoms with E-state index in [0.717, 1.165) is 6.54 Å². The zero-order valence-corrected chi connectivity index (χ0v) is 8.98. The van der Waals surface area contributed by atoms with Gasteiger partial charge in [-0.1, -0.05) is 0 Å². The molecule has 2 aromatic heterocycles.